The van der Waals surface area contributed by atoms with Crippen LogP contribution in [0.15, 0.2) is 0 Å². The average molecular weight is 257 g/mol. The minimum Gasteiger partial charge on any atom is -0.299 e. The lowest BCUT2D eigenvalue weighted by Gasteiger charge is -2.43. The first kappa shape index (κ1) is 15.0. The van der Waals surface area contributed by atoms with Gasteiger partial charge in [0.05, 0.1) is 0 Å². The Kier molecular flexibility index (Phi) is 5.52. The molecule has 17 heavy (non-hydrogen) atoms. The summed E-state index contributed by atoms with van der Waals surface area (Å²) in [6, 6.07) is 0.404. The van der Waals surface area contributed by atoms with Gasteiger partial charge in [-0.25, -0.2) is 0 Å². The molecule has 1 rings (SSSR count). The van der Waals surface area contributed by atoms with E-state index in [2.05, 4.69) is 38.9 Å². The SMILES string of the molecule is CCC(CC)(CN1CCC(=O)C(C)C1C)SC. The van der Waals surface area contributed by atoms with Gasteiger partial charge in [0.25, 0.3) is 0 Å². The van der Waals surface area contributed by atoms with Crippen molar-refractivity contribution >= 4 is 17.5 Å². The van der Waals surface area contributed by atoms with Gasteiger partial charge in [-0.1, -0.05) is 20.8 Å². The molecule has 1 aliphatic heterocycles. The zero-order chi connectivity index (χ0) is 13.1. The third-order valence-corrected chi connectivity index (χ3v) is 6.24. The van der Waals surface area contributed by atoms with Gasteiger partial charge >= 0.3 is 0 Å². The molecule has 1 fully saturated rings. The molecule has 1 aliphatic rings. The van der Waals surface area contributed by atoms with Gasteiger partial charge in [-0.05, 0) is 26.0 Å². The lowest BCUT2D eigenvalue weighted by Crippen LogP contribution is -2.51. The first-order valence-corrected chi connectivity index (χ1v) is 8.04. The van der Waals surface area contributed by atoms with Crippen LogP contribution in [0.1, 0.15) is 47.0 Å². The van der Waals surface area contributed by atoms with E-state index in [1.165, 1.54) is 12.8 Å². The van der Waals surface area contributed by atoms with E-state index in [1.54, 1.807) is 0 Å². The Labute approximate surface area is 111 Å². The van der Waals surface area contributed by atoms with Crippen LogP contribution in [0.5, 0.6) is 0 Å². The summed E-state index contributed by atoms with van der Waals surface area (Å²) in [4.78, 5) is 14.2. The molecule has 0 spiro atoms. The lowest BCUT2D eigenvalue weighted by atomic mass is 9.89. The van der Waals surface area contributed by atoms with Gasteiger partial charge in [0, 0.05) is 36.2 Å². The van der Waals surface area contributed by atoms with Crippen molar-refractivity contribution in [2.45, 2.75) is 57.7 Å². The number of hydrogen-bond acceptors (Lipinski definition) is 3. The Morgan fingerprint density at radius 1 is 1.35 bits per heavy atom. The van der Waals surface area contributed by atoms with Gasteiger partial charge in [-0.15, -0.1) is 0 Å². The second-order valence-electron chi connectivity index (χ2n) is 5.31. The molecule has 3 heteroatoms. The van der Waals surface area contributed by atoms with Crippen LogP contribution in [0.25, 0.3) is 0 Å². The maximum absolute atomic E-state index is 11.7. The number of carbonyl (C=O) groups is 1. The summed E-state index contributed by atoms with van der Waals surface area (Å²) in [6.45, 7) is 10.9. The van der Waals surface area contributed by atoms with E-state index in [0.29, 0.717) is 16.6 Å². The largest absolute Gasteiger partial charge is 0.299 e. The van der Waals surface area contributed by atoms with Crippen molar-refractivity contribution in [3.05, 3.63) is 0 Å². The quantitative estimate of drug-likeness (QED) is 0.754. The summed E-state index contributed by atoms with van der Waals surface area (Å²) in [5, 5.41) is 0. The third-order valence-electron chi connectivity index (χ3n) is 4.67. The van der Waals surface area contributed by atoms with E-state index in [1.807, 2.05) is 11.8 Å². The fourth-order valence-corrected chi connectivity index (χ4v) is 3.56. The second kappa shape index (κ2) is 6.24. The topological polar surface area (TPSA) is 20.3 Å². The molecule has 0 aliphatic carbocycles. The average Bonchev–Trinajstić information content (AvgIpc) is 2.36. The molecule has 2 atom stereocenters. The highest BCUT2D eigenvalue weighted by Gasteiger charge is 2.35. The van der Waals surface area contributed by atoms with Gasteiger partial charge in [0.2, 0.25) is 0 Å². The number of rotatable bonds is 5. The van der Waals surface area contributed by atoms with Crippen LogP contribution in [0.4, 0.5) is 0 Å². The molecule has 2 nitrogen and oxygen atoms in total. The van der Waals surface area contributed by atoms with Gasteiger partial charge in [0.1, 0.15) is 5.78 Å². The second-order valence-corrected chi connectivity index (χ2v) is 6.58. The van der Waals surface area contributed by atoms with Crippen LogP contribution in [-0.4, -0.2) is 40.8 Å². The predicted molar refractivity (Wildman–Crippen MR) is 76.7 cm³/mol. The van der Waals surface area contributed by atoms with Crippen LogP contribution in [-0.2, 0) is 4.79 Å². The van der Waals surface area contributed by atoms with Crippen LogP contribution in [0.2, 0.25) is 0 Å². The van der Waals surface area contributed by atoms with Crippen molar-refractivity contribution in [3.8, 4) is 0 Å². The zero-order valence-electron chi connectivity index (χ0n) is 12.0. The maximum Gasteiger partial charge on any atom is 0.138 e. The van der Waals surface area contributed by atoms with Crippen LogP contribution < -0.4 is 0 Å². The molecular weight excluding hydrogens is 230 g/mol. The van der Waals surface area contributed by atoms with Crippen molar-refractivity contribution in [2.75, 3.05) is 19.3 Å². The van der Waals surface area contributed by atoms with E-state index in [0.717, 1.165) is 19.5 Å². The maximum atomic E-state index is 11.7. The molecule has 0 aromatic heterocycles. The fraction of sp³-hybridized carbons (Fsp3) is 0.929. The van der Waals surface area contributed by atoms with E-state index in [-0.39, 0.29) is 5.92 Å². The first-order valence-electron chi connectivity index (χ1n) is 6.81. The highest BCUT2D eigenvalue weighted by Crippen LogP contribution is 2.33. The van der Waals surface area contributed by atoms with Crippen LogP contribution >= 0.6 is 11.8 Å². The molecule has 0 amide bonds. The molecule has 100 valence electrons. The van der Waals surface area contributed by atoms with Crippen molar-refractivity contribution in [2.24, 2.45) is 5.92 Å². The smallest absolute Gasteiger partial charge is 0.138 e. The van der Waals surface area contributed by atoms with Crippen molar-refractivity contribution in [3.63, 3.8) is 0 Å². The van der Waals surface area contributed by atoms with Gasteiger partial charge in [0.15, 0.2) is 0 Å². The molecule has 1 heterocycles. The summed E-state index contributed by atoms with van der Waals surface area (Å²) in [5.74, 6) is 0.647. The Morgan fingerprint density at radius 3 is 2.41 bits per heavy atom. The summed E-state index contributed by atoms with van der Waals surface area (Å²) < 4.78 is 0.369. The Balaban J connectivity index is 2.70. The molecule has 0 aromatic carbocycles. The number of hydrogen-bond donors (Lipinski definition) is 0. The van der Waals surface area contributed by atoms with E-state index in [9.17, 15) is 4.79 Å². The summed E-state index contributed by atoms with van der Waals surface area (Å²) in [5.41, 5.74) is 0. The van der Waals surface area contributed by atoms with Crippen molar-refractivity contribution in [1.29, 1.82) is 0 Å². The number of carbonyl (C=O) groups excluding carboxylic acids is 1. The third kappa shape index (κ3) is 3.25. The van der Waals surface area contributed by atoms with Crippen LogP contribution in [0.3, 0.4) is 0 Å². The number of Topliss-reactive ketones (excluding diaryl/α,β-unsaturated/α-hetero) is 1. The number of likely N-dealkylation sites (tertiary alicyclic amines) is 1. The standard InChI is InChI=1S/C14H27NOS/c1-6-14(7-2,17-5)10-15-9-8-13(16)11(3)12(15)4/h11-12H,6-10H2,1-5H3. The molecule has 1 saturated heterocycles. The molecule has 0 bridgehead atoms. The van der Waals surface area contributed by atoms with E-state index in [4.69, 9.17) is 0 Å². The van der Waals surface area contributed by atoms with Crippen molar-refractivity contribution < 1.29 is 4.79 Å². The van der Waals surface area contributed by atoms with E-state index < -0.39 is 0 Å². The Morgan fingerprint density at radius 2 is 1.94 bits per heavy atom. The minimum absolute atomic E-state index is 0.206. The highest BCUT2D eigenvalue weighted by atomic mass is 32.2. The fourth-order valence-electron chi connectivity index (χ4n) is 2.69. The predicted octanol–water partition coefficient (Wildman–Crippen LogP) is 3.21. The normalized spacial score (nSPS) is 27.5. The van der Waals surface area contributed by atoms with E-state index >= 15 is 0 Å². The van der Waals surface area contributed by atoms with Gasteiger partial charge in [-0.3, -0.25) is 9.69 Å². The summed E-state index contributed by atoms with van der Waals surface area (Å²) >= 11 is 1.99. The molecule has 0 saturated carbocycles. The van der Waals surface area contributed by atoms with Crippen molar-refractivity contribution in [1.82, 2.24) is 4.90 Å². The molecule has 2 unspecified atom stereocenters. The molecular formula is C14H27NOS. The number of thioether (sulfide) groups is 1. The lowest BCUT2D eigenvalue weighted by molar-refractivity contribution is -0.128. The minimum atomic E-state index is 0.206. The Hall–Kier alpha value is -0.0200. The molecule has 0 N–H and O–H groups in total. The number of piperidine rings is 1. The Bertz CT molecular complexity index is 255. The monoisotopic (exact) mass is 257 g/mol. The zero-order valence-corrected chi connectivity index (χ0v) is 12.8. The number of nitrogens with zero attached hydrogens (tertiary/aromatic N) is 1. The van der Waals surface area contributed by atoms with Gasteiger partial charge in [-0.2, -0.15) is 11.8 Å². The first-order chi connectivity index (χ1) is 7.99. The molecule has 0 radical (unpaired) electrons. The molecule has 0 aromatic rings. The number of ketones is 1. The van der Waals surface area contributed by atoms with Crippen LogP contribution in [0, 0.1) is 5.92 Å². The van der Waals surface area contributed by atoms with Gasteiger partial charge < -0.3 is 0 Å². The highest BCUT2D eigenvalue weighted by molar-refractivity contribution is 8.00. The summed E-state index contributed by atoms with van der Waals surface area (Å²) in [7, 11) is 0. The summed E-state index contributed by atoms with van der Waals surface area (Å²) in [6.07, 6.45) is 5.37.